The fraction of sp³-hybridized carbons (Fsp3) is 0.857. The summed E-state index contributed by atoms with van der Waals surface area (Å²) in [5.74, 6) is 1.91. The minimum atomic E-state index is 0.706. The molecule has 2 heteroatoms. The summed E-state index contributed by atoms with van der Waals surface area (Å²) in [5, 5.41) is 1.37. The second-order valence-electron chi connectivity index (χ2n) is 2.38. The molecule has 1 atom stereocenters. The normalized spacial score (nSPS) is 21.8. The Morgan fingerprint density at radius 1 is 1.78 bits per heavy atom. The molecule has 0 amide bonds. The molecule has 1 nitrogen and oxygen atoms in total. The van der Waals surface area contributed by atoms with E-state index in [2.05, 4.69) is 18.8 Å². The standard InChI is InChI=1S/C7H13NS/c1-3-6(2)7-8-4-5-9-7/h6H,3-5H2,1-2H3/t6-/m0/s1. The van der Waals surface area contributed by atoms with Crippen LogP contribution in [0.4, 0.5) is 0 Å². The summed E-state index contributed by atoms with van der Waals surface area (Å²) in [4.78, 5) is 4.39. The van der Waals surface area contributed by atoms with E-state index in [1.165, 1.54) is 17.2 Å². The van der Waals surface area contributed by atoms with Crippen molar-refractivity contribution in [1.82, 2.24) is 0 Å². The average Bonchev–Trinajstić information content (AvgIpc) is 2.37. The Balaban J connectivity index is 2.40. The van der Waals surface area contributed by atoms with Gasteiger partial charge in [0.2, 0.25) is 0 Å². The fourth-order valence-corrected chi connectivity index (χ4v) is 1.85. The van der Waals surface area contributed by atoms with Crippen LogP contribution in [0.15, 0.2) is 4.99 Å². The van der Waals surface area contributed by atoms with Gasteiger partial charge in [0.1, 0.15) is 0 Å². The third-order valence-corrected chi connectivity index (χ3v) is 2.86. The van der Waals surface area contributed by atoms with Crippen LogP contribution in [-0.2, 0) is 0 Å². The molecule has 0 saturated heterocycles. The quantitative estimate of drug-likeness (QED) is 0.577. The van der Waals surface area contributed by atoms with E-state index in [0.717, 1.165) is 6.54 Å². The van der Waals surface area contributed by atoms with Crippen molar-refractivity contribution in [2.24, 2.45) is 10.9 Å². The number of aliphatic imine (C=N–C) groups is 1. The Hall–Kier alpha value is 0.0200. The highest BCUT2D eigenvalue weighted by Gasteiger charge is 2.12. The number of rotatable bonds is 2. The molecule has 1 aliphatic heterocycles. The number of thioether (sulfide) groups is 1. The van der Waals surface area contributed by atoms with Crippen molar-refractivity contribution in [3.8, 4) is 0 Å². The molecule has 0 aromatic heterocycles. The molecular formula is C7H13NS. The first-order chi connectivity index (χ1) is 4.34. The van der Waals surface area contributed by atoms with Gasteiger partial charge in [-0.25, -0.2) is 0 Å². The predicted molar refractivity (Wildman–Crippen MR) is 44.2 cm³/mol. The molecule has 0 radical (unpaired) electrons. The third-order valence-electron chi connectivity index (χ3n) is 1.64. The molecule has 0 aromatic carbocycles. The third kappa shape index (κ3) is 1.71. The van der Waals surface area contributed by atoms with Crippen LogP contribution in [0.2, 0.25) is 0 Å². The molecule has 0 aromatic rings. The SMILES string of the molecule is CC[C@H](C)C1=NCCS1. The lowest BCUT2D eigenvalue weighted by atomic mass is 10.1. The summed E-state index contributed by atoms with van der Waals surface area (Å²) in [6.45, 7) is 5.51. The highest BCUT2D eigenvalue weighted by molar-refractivity contribution is 8.14. The zero-order valence-electron chi connectivity index (χ0n) is 6.05. The monoisotopic (exact) mass is 143 g/mol. The number of hydrogen-bond acceptors (Lipinski definition) is 2. The Morgan fingerprint density at radius 3 is 3.00 bits per heavy atom. The summed E-state index contributed by atoms with van der Waals surface area (Å²) < 4.78 is 0. The van der Waals surface area contributed by atoms with Crippen LogP contribution in [0.5, 0.6) is 0 Å². The van der Waals surface area contributed by atoms with E-state index in [9.17, 15) is 0 Å². The lowest BCUT2D eigenvalue weighted by Gasteiger charge is -2.04. The zero-order valence-corrected chi connectivity index (χ0v) is 6.87. The second kappa shape index (κ2) is 3.25. The molecule has 1 rings (SSSR count). The molecule has 0 N–H and O–H groups in total. The molecule has 0 fully saturated rings. The lowest BCUT2D eigenvalue weighted by molar-refractivity contribution is 0.748. The van der Waals surface area contributed by atoms with Gasteiger partial charge in [0, 0.05) is 18.2 Å². The average molecular weight is 143 g/mol. The van der Waals surface area contributed by atoms with Crippen LogP contribution in [0, 0.1) is 5.92 Å². The van der Waals surface area contributed by atoms with Crippen LogP contribution in [0.3, 0.4) is 0 Å². The summed E-state index contributed by atoms with van der Waals surface area (Å²) in [6.07, 6.45) is 1.23. The van der Waals surface area contributed by atoms with Crippen LogP contribution in [0.1, 0.15) is 20.3 Å². The Morgan fingerprint density at radius 2 is 2.56 bits per heavy atom. The largest absolute Gasteiger partial charge is 0.282 e. The molecule has 0 bridgehead atoms. The number of hydrogen-bond donors (Lipinski definition) is 0. The maximum atomic E-state index is 4.39. The Labute approximate surface area is 60.9 Å². The van der Waals surface area contributed by atoms with Gasteiger partial charge in [0.15, 0.2) is 0 Å². The van der Waals surface area contributed by atoms with E-state index in [0.29, 0.717) is 5.92 Å². The molecule has 1 heterocycles. The van der Waals surface area contributed by atoms with Gasteiger partial charge in [-0.3, -0.25) is 4.99 Å². The summed E-state index contributed by atoms with van der Waals surface area (Å²) >= 11 is 1.93. The van der Waals surface area contributed by atoms with Crippen molar-refractivity contribution in [3.63, 3.8) is 0 Å². The van der Waals surface area contributed by atoms with Gasteiger partial charge in [-0.2, -0.15) is 0 Å². The van der Waals surface area contributed by atoms with Crippen LogP contribution in [0.25, 0.3) is 0 Å². The van der Waals surface area contributed by atoms with Crippen LogP contribution < -0.4 is 0 Å². The first kappa shape index (κ1) is 7.13. The van der Waals surface area contributed by atoms with Gasteiger partial charge in [0.05, 0.1) is 5.04 Å². The highest BCUT2D eigenvalue weighted by Crippen LogP contribution is 2.20. The van der Waals surface area contributed by atoms with Crippen molar-refractivity contribution < 1.29 is 0 Å². The molecule has 0 spiro atoms. The lowest BCUT2D eigenvalue weighted by Crippen LogP contribution is -2.02. The summed E-state index contributed by atoms with van der Waals surface area (Å²) in [5.41, 5.74) is 0. The molecule has 0 unspecified atom stereocenters. The maximum Gasteiger partial charge on any atom is 0.0705 e. The van der Waals surface area contributed by atoms with Gasteiger partial charge in [-0.1, -0.05) is 13.8 Å². The minimum Gasteiger partial charge on any atom is -0.282 e. The minimum absolute atomic E-state index is 0.706. The van der Waals surface area contributed by atoms with Crippen molar-refractivity contribution in [3.05, 3.63) is 0 Å². The predicted octanol–water partition coefficient (Wildman–Crippen LogP) is 2.18. The van der Waals surface area contributed by atoms with E-state index in [1.807, 2.05) is 11.8 Å². The first-order valence-electron chi connectivity index (χ1n) is 3.51. The van der Waals surface area contributed by atoms with E-state index in [-0.39, 0.29) is 0 Å². The Kier molecular flexibility index (Phi) is 2.58. The molecule has 1 aliphatic rings. The summed E-state index contributed by atoms with van der Waals surface area (Å²) in [6, 6.07) is 0. The Bertz CT molecular complexity index is 120. The highest BCUT2D eigenvalue weighted by atomic mass is 32.2. The van der Waals surface area contributed by atoms with E-state index < -0.39 is 0 Å². The van der Waals surface area contributed by atoms with E-state index in [4.69, 9.17) is 0 Å². The summed E-state index contributed by atoms with van der Waals surface area (Å²) in [7, 11) is 0. The van der Waals surface area contributed by atoms with Crippen LogP contribution in [-0.4, -0.2) is 17.3 Å². The van der Waals surface area contributed by atoms with Crippen molar-refractivity contribution >= 4 is 16.8 Å². The van der Waals surface area contributed by atoms with Crippen molar-refractivity contribution in [2.45, 2.75) is 20.3 Å². The van der Waals surface area contributed by atoms with Gasteiger partial charge >= 0.3 is 0 Å². The van der Waals surface area contributed by atoms with Gasteiger partial charge in [-0.15, -0.1) is 11.8 Å². The van der Waals surface area contributed by atoms with Gasteiger partial charge in [-0.05, 0) is 6.42 Å². The van der Waals surface area contributed by atoms with Crippen molar-refractivity contribution in [2.75, 3.05) is 12.3 Å². The first-order valence-corrected chi connectivity index (χ1v) is 4.50. The smallest absolute Gasteiger partial charge is 0.0705 e. The van der Waals surface area contributed by atoms with Crippen LogP contribution >= 0.6 is 11.8 Å². The maximum absolute atomic E-state index is 4.39. The van der Waals surface area contributed by atoms with Gasteiger partial charge < -0.3 is 0 Å². The molecule has 0 saturated carbocycles. The molecule has 9 heavy (non-hydrogen) atoms. The molecule has 0 aliphatic carbocycles. The second-order valence-corrected chi connectivity index (χ2v) is 3.49. The van der Waals surface area contributed by atoms with E-state index in [1.54, 1.807) is 0 Å². The number of nitrogens with zero attached hydrogens (tertiary/aromatic N) is 1. The molecular weight excluding hydrogens is 130 g/mol. The van der Waals surface area contributed by atoms with Crippen molar-refractivity contribution in [1.29, 1.82) is 0 Å². The topological polar surface area (TPSA) is 12.4 Å². The van der Waals surface area contributed by atoms with Gasteiger partial charge in [0.25, 0.3) is 0 Å². The molecule has 52 valence electrons. The van der Waals surface area contributed by atoms with E-state index >= 15 is 0 Å². The zero-order chi connectivity index (χ0) is 6.69. The fourth-order valence-electron chi connectivity index (χ4n) is 0.824.